The fourth-order valence-electron chi connectivity index (χ4n) is 2.79. The van der Waals surface area contributed by atoms with Crippen molar-refractivity contribution in [1.82, 2.24) is 25.0 Å². The second-order valence-electron chi connectivity index (χ2n) is 6.01. The zero-order chi connectivity index (χ0) is 18.8. The largest absolute Gasteiger partial charge is 0.337 e. The van der Waals surface area contributed by atoms with Crippen LogP contribution in [0.25, 0.3) is 22.3 Å². The van der Waals surface area contributed by atoms with Crippen LogP contribution in [0, 0.1) is 0 Å². The topological polar surface area (TPSA) is 105 Å². The molecule has 0 fully saturated rings. The highest BCUT2D eigenvalue weighted by atomic mass is 16.5. The Labute approximate surface area is 153 Å². The minimum Gasteiger partial charge on any atom is -0.337 e. The van der Waals surface area contributed by atoms with Gasteiger partial charge in [-0.3, -0.25) is 14.6 Å². The van der Waals surface area contributed by atoms with Gasteiger partial charge in [-0.2, -0.15) is 4.98 Å². The van der Waals surface area contributed by atoms with E-state index < -0.39 is 0 Å². The lowest BCUT2D eigenvalue weighted by molar-refractivity contribution is 0.0771. The molecule has 8 nitrogen and oxygen atoms in total. The van der Waals surface area contributed by atoms with E-state index in [2.05, 4.69) is 20.1 Å². The van der Waals surface area contributed by atoms with E-state index in [1.165, 1.54) is 11.0 Å². The minimum absolute atomic E-state index is 0.118. The van der Waals surface area contributed by atoms with Crippen LogP contribution in [0.1, 0.15) is 16.2 Å². The molecular weight excluding hydrogens is 346 g/mol. The van der Waals surface area contributed by atoms with Crippen molar-refractivity contribution in [2.24, 2.45) is 0 Å². The summed E-state index contributed by atoms with van der Waals surface area (Å²) in [5.41, 5.74) is 1.33. The van der Waals surface area contributed by atoms with E-state index in [0.29, 0.717) is 28.2 Å². The van der Waals surface area contributed by atoms with E-state index in [4.69, 9.17) is 4.52 Å². The number of pyridine rings is 2. The van der Waals surface area contributed by atoms with Gasteiger partial charge in [0.1, 0.15) is 0 Å². The van der Waals surface area contributed by atoms with Gasteiger partial charge in [0, 0.05) is 42.0 Å². The maximum Gasteiger partial charge on any atom is 0.254 e. The van der Waals surface area contributed by atoms with Crippen molar-refractivity contribution >= 4 is 16.8 Å². The van der Waals surface area contributed by atoms with Gasteiger partial charge in [-0.15, -0.1) is 0 Å². The third-order valence-corrected chi connectivity index (χ3v) is 4.09. The highest BCUT2D eigenvalue weighted by Crippen LogP contribution is 2.18. The first-order chi connectivity index (χ1) is 13.1. The van der Waals surface area contributed by atoms with Crippen LogP contribution in [-0.2, 0) is 6.54 Å². The summed E-state index contributed by atoms with van der Waals surface area (Å²) in [5.74, 6) is 0.387. The monoisotopic (exact) mass is 361 g/mol. The fraction of sp³-hybridized carbons (Fsp3) is 0.105. The summed E-state index contributed by atoms with van der Waals surface area (Å²) >= 11 is 0. The van der Waals surface area contributed by atoms with Gasteiger partial charge in [-0.25, -0.2) is 0 Å². The number of para-hydroxylation sites is 1. The standard InChI is InChI=1S/C19H15N5O3/c1-24(11-17-22-18(23-27-17)12-5-4-8-20-10-12)19(26)14-9-16(25)21-15-7-3-2-6-13(14)15/h2-10H,11H2,1H3,(H,21,25). The van der Waals surface area contributed by atoms with E-state index >= 15 is 0 Å². The molecule has 4 aromatic rings. The molecule has 3 aromatic heterocycles. The third kappa shape index (κ3) is 3.32. The lowest BCUT2D eigenvalue weighted by Crippen LogP contribution is -2.27. The average Bonchev–Trinajstić information content (AvgIpc) is 3.16. The highest BCUT2D eigenvalue weighted by molar-refractivity contribution is 6.05. The predicted molar refractivity (Wildman–Crippen MR) is 97.9 cm³/mol. The van der Waals surface area contributed by atoms with Crippen LogP contribution in [0.4, 0.5) is 0 Å². The zero-order valence-corrected chi connectivity index (χ0v) is 14.4. The number of nitrogens with one attached hydrogen (secondary N) is 1. The molecular formula is C19H15N5O3. The molecule has 3 heterocycles. The Morgan fingerprint density at radius 1 is 1.22 bits per heavy atom. The molecule has 0 bridgehead atoms. The van der Waals surface area contributed by atoms with E-state index in [9.17, 15) is 9.59 Å². The van der Waals surface area contributed by atoms with Crippen molar-refractivity contribution in [3.05, 3.63) is 76.7 Å². The molecule has 1 amide bonds. The number of aromatic amines is 1. The molecule has 1 aromatic carbocycles. The van der Waals surface area contributed by atoms with E-state index in [1.54, 1.807) is 43.7 Å². The van der Waals surface area contributed by atoms with Crippen LogP contribution in [0.5, 0.6) is 0 Å². The molecule has 0 radical (unpaired) electrons. The Morgan fingerprint density at radius 3 is 2.89 bits per heavy atom. The number of fused-ring (bicyclic) bond motifs is 1. The predicted octanol–water partition coefficient (Wildman–Crippen LogP) is 2.25. The van der Waals surface area contributed by atoms with Gasteiger partial charge in [0.2, 0.25) is 17.3 Å². The SMILES string of the molecule is CN(Cc1nc(-c2cccnc2)no1)C(=O)c1cc(=O)[nH]c2ccccc12. The Bertz CT molecular complexity index is 1170. The minimum atomic E-state index is -0.331. The van der Waals surface area contributed by atoms with E-state index in [-0.39, 0.29) is 18.0 Å². The Hall–Kier alpha value is -3.81. The first kappa shape index (κ1) is 16.6. The molecule has 0 aliphatic carbocycles. The molecule has 0 saturated heterocycles. The molecule has 0 spiro atoms. The van der Waals surface area contributed by atoms with Crippen LogP contribution in [0.3, 0.4) is 0 Å². The molecule has 0 aliphatic rings. The van der Waals surface area contributed by atoms with Crippen molar-refractivity contribution in [1.29, 1.82) is 0 Å². The number of hydrogen-bond acceptors (Lipinski definition) is 6. The van der Waals surface area contributed by atoms with E-state index in [0.717, 1.165) is 5.56 Å². The second-order valence-corrected chi connectivity index (χ2v) is 6.01. The number of amides is 1. The zero-order valence-electron chi connectivity index (χ0n) is 14.4. The molecule has 4 rings (SSSR count). The average molecular weight is 361 g/mol. The summed E-state index contributed by atoms with van der Waals surface area (Å²) in [6.07, 6.45) is 3.29. The Balaban J connectivity index is 1.59. The molecule has 0 atom stereocenters. The highest BCUT2D eigenvalue weighted by Gasteiger charge is 2.19. The van der Waals surface area contributed by atoms with Crippen LogP contribution in [0.15, 0.2) is 64.2 Å². The van der Waals surface area contributed by atoms with Crippen LogP contribution >= 0.6 is 0 Å². The number of benzene rings is 1. The lowest BCUT2D eigenvalue weighted by atomic mass is 10.1. The molecule has 0 aliphatic heterocycles. The van der Waals surface area contributed by atoms with Crippen molar-refractivity contribution in [2.45, 2.75) is 6.54 Å². The summed E-state index contributed by atoms with van der Waals surface area (Å²) in [7, 11) is 1.62. The van der Waals surface area contributed by atoms with Crippen LogP contribution in [0.2, 0.25) is 0 Å². The molecule has 27 heavy (non-hydrogen) atoms. The summed E-state index contributed by atoms with van der Waals surface area (Å²) in [6.45, 7) is 0.118. The summed E-state index contributed by atoms with van der Waals surface area (Å²) < 4.78 is 5.24. The van der Waals surface area contributed by atoms with Crippen molar-refractivity contribution < 1.29 is 9.32 Å². The Kier molecular flexibility index (Phi) is 4.21. The maximum atomic E-state index is 12.9. The normalized spacial score (nSPS) is 10.9. The second kappa shape index (κ2) is 6.83. The van der Waals surface area contributed by atoms with Crippen LogP contribution < -0.4 is 5.56 Å². The molecule has 8 heteroatoms. The quantitative estimate of drug-likeness (QED) is 0.598. The first-order valence-corrected chi connectivity index (χ1v) is 8.22. The molecule has 1 N–H and O–H groups in total. The number of carbonyl (C=O) groups is 1. The van der Waals surface area contributed by atoms with Gasteiger partial charge in [0.15, 0.2) is 0 Å². The number of nitrogens with zero attached hydrogens (tertiary/aromatic N) is 4. The van der Waals surface area contributed by atoms with Gasteiger partial charge in [-0.1, -0.05) is 23.4 Å². The van der Waals surface area contributed by atoms with E-state index in [1.807, 2.05) is 12.1 Å². The van der Waals surface area contributed by atoms with Crippen molar-refractivity contribution in [3.63, 3.8) is 0 Å². The number of hydrogen-bond donors (Lipinski definition) is 1. The lowest BCUT2D eigenvalue weighted by Gasteiger charge is -2.15. The Morgan fingerprint density at radius 2 is 2.07 bits per heavy atom. The van der Waals surface area contributed by atoms with Crippen molar-refractivity contribution in [2.75, 3.05) is 7.05 Å². The maximum absolute atomic E-state index is 12.9. The first-order valence-electron chi connectivity index (χ1n) is 8.22. The van der Waals surface area contributed by atoms with Gasteiger partial charge < -0.3 is 14.4 Å². The summed E-state index contributed by atoms with van der Waals surface area (Å²) in [5, 5.41) is 4.59. The summed E-state index contributed by atoms with van der Waals surface area (Å²) in [4.78, 5) is 37.2. The number of carbonyl (C=O) groups excluding carboxylic acids is 1. The molecule has 0 saturated carbocycles. The number of aromatic nitrogens is 4. The number of H-pyrrole nitrogens is 1. The molecule has 134 valence electrons. The fourth-order valence-corrected chi connectivity index (χ4v) is 2.79. The summed E-state index contributed by atoms with van der Waals surface area (Å²) in [6, 6.07) is 12.1. The van der Waals surface area contributed by atoms with Gasteiger partial charge in [0.25, 0.3) is 5.91 Å². The smallest absolute Gasteiger partial charge is 0.254 e. The number of rotatable bonds is 4. The van der Waals surface area contributed by atoms with Crippen LogP contribution in [-0.4, -0.2) is 38.0 Å². The third-order valence-electron chi connectivity index (χ3n) is 4.09. The van der Waals surface area contributed by atoms with Gasteiger partial charge >= 0.3 is 0 Å². The van der Waals surface area contributed by atoms with Gasteiger partial charge in [-0.05, 0) is 18.2 Å². The van der Waals surface area contributed by atoms with Crippen molar-refractivity contribution in [3.8, 4) is 11.4 Å². The molecule has 0 unspecified atom stereocenters. The van der Waals surface area contributed by atoms with Gasteiger partial charge in [0.05, 0.1) is 12.1 Å².